The van der Waals surface area contributed by atoms with E-state index in [1.165, 1.54) is 16.8 Å². The van der Waals surface area contributed by atoms with Crippen LogP contribution in [0.4, 0.5) is 4.39 Å². The van der Waals surface area contributed by atoms with Gasteiger partial charge in [0.15, 0.2) is 5.82 Å². The Labute approximate surface area is 187 Å². The molecule has 3 rings (SSSR count). The van der Waals surface area contributed by atoms with Gasteiger partial charge in [0, 0.05) is 13.0 Å². The van der Waals surface area contributed by atoms with E-state index in [1.807, 2.05) is 43.0 Å². The topological polar surface area (TPSA) is 114 Å². The lowest BCUT2D eigenvalue weighted by Crippen LogP contribution is -2.27. The average molecular weight is 462 g/mol. The number of benzene rings is 2. The SMILES string of the molecule is CCCN(CCO)Cc1nc(Cc2cccc(C)c2)n(-c2ccc(S(N)(=O)=O)cc2F)n1. The van der Waals surface area contributed by atoms with Crippen molar-refractivity contribution in [3.05, 3.63) is 71.1 Å². The number of hydrogen-bond acceptors (Lipinski definition) is 6. The van der Waals surface area contributed by atoms with Gasteiger partial charge in [0.25, 0.3) is 0 Å². The zero-order chi connectivity index (χ0) is 23.3. The molecule has 1 heterocycles. The fourth-order valence-corrected chi connectivity index (χ4v) is 4.06. The molecular formula is C22H28FN5O3S. The van der Waals surface area contributed by atoms with Crippen molar-refractivity contribution in [1.29, 1.82) is 0 Å². The van der Waals surface area contributed by atoms with E-state index >= 15 is 0 Å². The summed E-state index contributed by atoms with van der Waals surface area (Å²) in [4.78, 5) is 6.36. The number of hydrogen-bond donors (Lipinski definition) is 2. The molecule has 0 aliphatic heterocycles. The van der Waals surface area contributed by atoms with Crippen LogP contribution in [0.25, 0.3) is 5.69 Å². The summed E-state index contributed by atoms with van der Waals surface area (Å²) in [7, 11) is -4.03. The largest absolute Gasteiger partial charge is 0.395 e. The summed E-state index contributed by atoms with van der Waals surface area (Å²) in [5.74, 6) is 0.247. The van der Waals surface area contributed by atoms with Gasteiger partial charge < -0.3 is 5.11 Å². The Kier molecular flexibility index (Phi) is 7.73. The van der Waals surface area contributed by atoms with E-state index in [4.69, 9.17) is 5.14 Å². The second kappa shape index (κ2) is 10.3. The second-order valence-electron chi connectivity index (χ2n) is 7.68. The lowest BCUT2D eigenvalue weighted by molar-refractivity contribution is 0.187. The third kappa shape index (κ3) is 5.98. The van der Waals surface area contributed by atoms with E-state index in [0.717, 1.165) is 30.2 Å². The van der Waals surface area contributed by atoms with Gasteiger partial charge in [-0.15, -0.1) is 5.10 Å². The van der Waals surface area contributed by atoms with Crippen LogP contribution < -0.4 is 5.14 Å². The van der Waals surface area contributed by atoms with Crippen molar-refractivity contribution < 1.29 is 17.9 Å². The highest BCUT2D eigenvalue weighted by Crippen LogP contribution is 2.21. The number of rotatable bonds is 10. The predicted molar refractivity (Wildman–Crippen MR) is 119 cm³/mol. The molecule has 0 fully saturated rings. The Morgan fingerprint density at radius 1 is 1.19 bits per heavy atom. The number of aliphatic hydroxyl groups is 1. The standard InChI is InChI=1S/C22H28FN5O3S/c1-3-9-27(10-11-29)15-21-25-22(13-17-6-4-5-16(2)12-17)28(26-21)20-8-7-18(14-19(20)23)32(24,30)31/h4-8,12,14,29H,3,9-11,13,15H2,1-2H3,(H2,24,30,31). The van der Waals surface area contributed by atoms with Crippen molar-refractivity contribution in [2.75, 3.05) is 19.7 Å². The fraction of sp³-hybridized carbons (Fsp3) is 0.364. The summed E-state index contributed by atoms with van der Waals surface area (Å²) < 4.78 is 39.5. The van der Waals surface area contributed by atoms with Gasteiger partial charge in [-0.25, -0.2) is 27.6 Å². The molecule has 2 aromatic carbocycles. The molecule has 0 aliphatic rings. The minimum atomic E-state index is -4.03. The highest BCUT2D eigenvalue weighted by Gasteiger charge is 2.19. The normalized spacial score (nSPS) is 11.9. The van der Waals surface area contributed by atoms with E-state index in [2.05, 4.69) is 10.1 Å². The molecule has 10 heteroatoms. The van der Waals surface area contributed by atoms with Crippen LogP contribution in [-0.4, -0.2) is 52.9 Å². The minimum Gasteiger partial charge on any atom is -0.395 e. The summed E-state index contributed by atoms with van der Waals surface area (Å²) >= 11 is 0. The Bertz CT molecular complexity index is 1170. The van der Waals surface area contributed by atoms with Gasteiger partial charge in [-0.2, -0.15) is 0 Å². The Morgan fingerprint density at radius 3 is 2.59 bits per heavy atom. The monoisotopic (exact) mass is 461 g/mol. The number of aromatic nitrogens is 3. The van der Waals surface area contributed by atoms with Gasteiger partial charge >= 0.3 is 0 Å². The second-order valence-corrected chi connectivity index (χ2v) is 9.24. The van der Waals surface area contributed by atoms with E-state index in [0.29, 0.717) is 31.2 Å². The number of primary sulfonamides is 1. The third-order valence-corrected chi connectivity index (χ3v) is 5.87. The van der Waals surface area contributed by atoms with Crippen LogP contribution in [0.3, 0.4) is 0 Å². The van der Waals surface area contributed by atoms with Crippen LogP contribution in [-0.2, 0) is 23.0 Å². The summed E-state index contributed by atoms with van der Waals surface area (Å²) in [5.41, 5.74) is 2.17. The molecule has 1 aromatic heterocycles. The molecule has 3 N–H and O–H groups in total. The number of nitrogens with two attached hydrogens (primary N) is 1. The molecule has 0 amide bonds. The van der Waals surface area contributed by atoms with Gasteiger partial charge in [-0.3, -0.25) is 4.90 Å². The number of sulfonamides is 1. The summed E-state index contributed by atoms with van der Waals surface area (Å²) in [6.45, 7) is 5.69. The maximum atomic E-state index is 14.9. The van der Waals surface area contributed by atoms with E-state index < -0.39 is 15.8 Å². The van der Waals surface area contributed by atoms with Crippen molar-refractivity contribution in [3.8, 4) is 5.69 Å². The average Bonchev–Trinajstić information content (AvgIpc) is 3.09. The van der Waals surface area contributed by atoms with Crippen molar-refractivity contribution >= 4 is 10.0 Å². The maximum Gasteiger partial charge on any atom is 0.238 e. The maximum absolute atomic E-state index is 14.9. The molecule has 8 nitrogen and oxygen atoms in total. The Hall–Kier alpha value is -2.66. The summed E-state index contributed by atoms with van der Waals surface area (Å²) in [6, 6.07) is 11.4. The smallest absolute Gasteiger partial charge is 0.238 e. The first-order valence-electron chi connectivity index (χ1n) is 10.4. The quantitative estimate of drug-likeness (QED) is 0.478. The van der Waals surface area contributed by atoms with Crippen LogP contribution in [0.15, 0.2) is 47.4 Å². The van der Waals surface area contributed by atoms with E-state index in [1.54, 1.807) is 0 Å². The van der Waals surface area contributed by atoms with Gasteiger partial charge in [-0.1, -0.05) is 36.8 Å². The Morgan fingerprint density at radius 2 is 1.97 bits per heavy atom. The van der Waals surface area contributed by atoms with Crippen molar-refractivity contribution in [3.63, 3.8) is 0 Å². The molecule has 32 heavy (non-hydrogen) atoms. The van der Waals surface area contributed by atoms with Crippen LogP contribution >= 0.6 is 0 Å². The van der Waals surface area contributed by atoms with Gasteiger partial charge in [0.2, 0.25) is 10.0 Å². The molecule has 0 unspecified atom stereocenters. The van der Waals surface area contributed by atoms with Gasteiger partial charge in [0.1, 0.15) is 17.3 Å². The van der Waals surface area contributed by atoms with Crippen molar-refractivity contribution in [1.82, 2.24) is 19.7 Å². The Balaban J connectivity index is 2.03. The van der Waals surface area contributed by atoms with E-state index in [-0.39, 0.29) is 17.2 Å². The lowest BCUT2D eigenvalue weighted by Gasteiger charge is -2.18. The van der Waals surface area contributed by atoms with Crippen LogP contribution in [0, 0.1) is 12.7 Å². The molecule has 0 radical (unpaired) electrons. The number of nitrogens with zero attached hydrogens (tertiary/aromatic N) is 4. The zero-order valence-corrected chi connectivity index (χ0v) is 19.0. The molecule has 0 spiro atoms. The fourth-order valence-electron chi connectivity index (χ4n) is 3.53. The molecule has 0 bridgehead atoms. The zero-order valence-electron chi connectivity index (χ0n) is 18.2. The molecule has 0 aliphatic carbocycles. The number of aryl methyl sites for hydroxylation is 1. The van der Waals surface area contributed by atoms with Crippen LogP contribution in [0.1, 0.15) is 36.1 Å². The highest BCUT2D eigenvalue weighted by molar-refractivity contribution is 7.89. The molecular weight excluding hydrogens is 433 g/mol. The minimum absolute atomic E-state index is 0.0144. The molecule has 0 saturated heterocycles. The molecule has 0 saturated carbocycles. The van der Waals surface area contributed by atoms with Crippen molar-refractivity contribution in [2.45, 2.75) is 38.1 Å². The number of halogens is 1. The summed E-state index contributed by atoms with van der Waals surface area (Å²) in [5, 5.41) is 19.0. The van der Waals surface area contributed by atoms with Crippen LogP contribution in [0.2, 0.25) is 0 Å². The first kappa shape index (κ1) is 24.0. The molecule has 0 atom stereocenters. The molecule has 172 valence electrons. The van der Waals surface area contributed by atoms with Crippen LogP contribution in [0.5, 0.6) is 0 Å². The highest BCUT2D eigenvalue weighted by atomic mass is 32.2. The first-order valence-corrected chi connectivity index (χ1v) is 11.9. The van der Waals surface area contributed by atoms with Gasteiger partial charge in [0.05, 0.1) is 18.0 Å². The van der Waals surface area contributed by atoms with E-state index in [9.17, 15) is 17.9 Å². The van der Waals surface area contributed by atoms with Gasteiger partial charge in [-0.05, 0) is 43.7 Å². The predicted octanol–water partition coefficient (Wildman–Crippen LogP) is 2.16. The molecule has 3 aromatic rings. The lowest BCUT2D eigenvalue weighted by atomic mass is 10.1. The third-order valence-electron chi connectivity index (χ3n) is 4.96. The first-order chi connectivity index (χ1) is 15.2. The number of aliphatic hydroxyl groups excluding tert-OH is 1. The van der Waals surface area contributed by atoms with Crippen molar-refractivity contribution in [2.24, 2.45) is 5.14 Å². The summed E-state index contributed by atoms with van der Waals surface area (Å²) in [6.07, 6.45) is 1.32.